The van der Waals surface area contributed by atoms with Crippen molar-refractivity contribution < 1.29 is 14.3 Å². The predicted octanol–water partition coefficient (Wildman–Crippen LogP) is 4.83. The fourth-order valence-electron chi connectivity index (χ4n) is 6.23. The Hall–Kier alpha value is -3.72. The number of benzene rings is 1. The number of oxazole rings is 1. The van der Waals surface area contributed by atoms with E-state index in [1.165, 1.54) is 6.07 Å². The topological polar surface area (TPSA) is 123 Å². The minimum Gasteiger partial charge on any atom is -0.476 e. The van der Waals surface area contributed by atoms with Gasteiger partial charge in [-0.2, -0.15) is 0 Å². The van der Waals surface area contributed by atoms with Crippen molar-refractivity contribution in [3.8, 4) is 0 Å². The van der Waals surface area contributed by atoms with E-state index in [2.05, 4.69) is 15.3 Å². The summed E-state index contributed by atoms with van der Waals surface area (Å²) in [6.45, 7) is 5.73. The minimum atomic E-state index is -1.18. The van der Waals surface area contributed by atoms with Crippen LogP contribution < -0.4 is 10.9 Å². The summed E-state index contributed by atoms with van der Waals surface area (Å²) in [5.41, 5.74) is 2.17. The smallest absolute Gasteiger partial charge is 0.356 e. The average molecular weight is 520 g/mol. The van der Waals surface area contributed by atoms with E-state index in [4.69, 9.17) is 21.0 Å². The minimum absolute atomic E-state index is 0.0687. The second-order valence-corrected chi connectivity index (χ2v) is 11.0. The van der Waals surface area contributed by atoms with Gasteiger partial charge in [0.1, 0.15) is 16.7 Å². The van der Waals surface area contributed by atoms with Crippen LogP contribution in [-0.2, 0) is 17.9 Å². The van der Waals surface area contributed by atoms with Crippen LogP contribution in [0, 0.1) is 13.8 Å². The predicted molar refractivity (Wildman–Crippen MR) is 138 cm³/mol. The SMILES string of the molecule is Cc1cc([C@@H](C)Nc2ccc(Cl)nc2C(=O)O)c2nc(C34CC(c5ncc(C)o5)(C3)C4)n(C)c(=O)c2c1. The summed E-state index contributed by atoms with van der Waals surface area (Å²) >= 11 is 5.92. The molecule has 3 saturated carbocycles. The number of anilines is 1. The molecule has 2 bridgehead atoms. The van der Waals surface area contributed by atoms with Crippen LogP contribution in [0.3, 0.4) is 0 Å². The molecule has 2 N–H and O–H groups in total. The number of halogens is 1. The van der Waals surface area contributed by atoms with Crippen molar-refractivity contribution in [3.63, 3.8) is 0 Å². The molecular formula is C27H26ClN5O4. The Kier molecular flexibility index (Phi) is 5.04. The van der Waals surface area contributed by atoms with E-state index in [-0.39, 0.29) is 33.3 Å². The number of nitrogens with zero attached hydrogens (tertiary/aromatic N) is 4. The number of carbonyl (C=O) groups is 1. The number of aromatic nitrogens is 4. The molecule has 3 fully saturated rings. The van der Waals surface area contributed by atoms with Crippen molar-refractivity contribution in [2.45, 2.75) is 56.9 Å². The van der Waals surface area contributed by atoms with Crippen LogP contribution >= 0.6 is 11.6 Å². The molecular weight excluding hydrogens is 494 g/mol. The summed E-state index contributed by atoms with van der Waals surface area (Å²) < 4.78 is 7.50. The van der Waals surface area contributed by atoms with Gasteiger partial charge in [-0.3, -0.25) is 9.36 Å². The zero-order valence-electron chi connectivity index (χ0n) is 20.9. The van der Waals surface area contributed by atoms with E-state index < -0.39 is 5.97 Å². The lowest BCUT2D eigenvalue weighted by Crippen LogP contribution is -2.68. The molecule has 0 radical (unpaired) electrons. The third kappa shape index (κ3) is 3.48. The lowest BCUT2D eigenvalue weighted by Gasteiger charge is -2.68. The van der Waals surface area contributed by atoms with Gasteiger partial charge in [-0.05, 0) is 63.8 Å². The maximum Gasteiger partial charge on any atom is 0.356 e. The first-order valence-electron chi connectivity index (χ1n) is 12.1. The van der Waals surface area contributed by atoms with E-state index in [1.807, 2.05) is 32.9 Å². The molecule has 190 valence electrons. The van der Waals surface area contributed by atoms with Gasteiger partial charge in [-0.25, -0.2) is 19.7 Å². The molecule has 9 nitrogen and oxygen atoms in total. The number of hydrogen-bond donors (Lipinski definition) is 2. The van der Waals surface area contributed by atoms with Crippen molar-refractivity contribution in [2.75, 3.05) is 5.32 Å². The molecule has 0 aliphatic heterocycles. The Balaban J connectivity index is 1.40. The highest BCUT2D eigenvalue weighted by atomic mass is 35.5. The number of carboxylic acids is 1. The second kappa shape index (κ2) is 7.89. The van der Waals surface area contributed by atoms with Gasteiger partial charge in [-0.15, -0.1) is 0 Å². The molecule has 0 unspecified atom stereocenters. The van der Waals surface area contributed by atoms with Crippen molar-refractivity contribution in [1.82, 2.24) is 19.5 Å². The standard InChI is InChI=1S/C27H26ClN5O4/c1-13-7-16(15(3)30-18-5-6-19(28)31-21(18)23(35)36)20-17(8-13)22(34)33(4)24(32-20)26-10-27(11-26,12-26)25-29-9-14(2)37-25/h5-9,15,30H,10-12H2,1-4H3,(H,35,36)/t15-,26?,27?/m1/s1. The molecule has 3 heterocycles. The van der Waals surface area contributed by atoms with Gasteiger partial charge in [0.2, 0.25) is 5.89 Å². The second-order valence-electron chi connectivity index (χ2n) is 10.6. The number of aromatic carboxylic acids is 1. The highest BCUT2D eigenvalue weighted by Gasteiger charge is 2.73. The van der Waals surface area contributed by atoms with Crippen molar-refractivity contribution >= 4 is 34.2 Å². The van der Waals surface area contributed by atoms with Crippen LogP contribution in [0.25, 0.3) is 10.9 Å². The van der Waals surface area contributed by atoms with Gasteiger partial charge in [0.25, 0.3) is 5.56 Å². The quantitative estimate of drug-likeness (QED) is 0.347. The maximum atomic E-state index is 13.5. The summed E-state index contributed by atoms with van der Waals surface area (Å²) in [5.74, 6) is 1.16. The Labute approximate surface area is 217 Å². The number of aryl methyl sites for hydroxylation is 2. The highest BCUT2D eigenvalue weighted by molar-refractivity contribution is 6.29. The van der Waals surface area contributed by atoms with Gasteiger partial charge in [0.15, 0.2) is 5.69 Å². The van der Waals surface area contributed by atoms with E-state index in [1.54, 1.807) is 23.9 Å². The van der Waals surface area contributed by atoms with E-state index in [0.29, 0.717) is 16.6 Å². The molecule has 10 heteroatoms. The van der Waals surface area contributed by atoms with Gasteiger partial charge in [-0.1, -0.05) is 17.7 Å². The van der Waals surface area contributed by atoms with Gasteiger partial charge >= 0.3 is 5.97 Å². The van der Waals surface area contributed by atoms with Crippen LogP contribution in [0.2, 0.25) is 5.15 Å². The number of carboxylic acid groups (broad SMARTS) is 1. The fourth-order valence-corrected chi connectivity index (χ4v) is 6.38. The van der Waals surface area contributed by atoms with E-state index >= 15 is 0 Å². The van der Waals surface area contributed by atoms with E-state index in [0.717, 1.165) is 47.9 Å². The van der Waals surface area contributed by atoms with Gasteiger partial charge < -0.3 is 14.8 Å². The third-order valence-electron chi connectivity index (χ3n) is 7.84. The Morgan fingerprint density at radius 1 is 1.19 bits per heavy atom. The largest absolute Gasteiger partial charge is 0.476 e. The Bertz CT molecular complexity index is 1650. The summed E-state index contributed by atoms with van der Waals surface area (Å²) in [7, 11) is 1.79. The summed E-state index contributed by atoms with van der Waals surface area (Å²) in [6, 6.07) is 6.62. The van der Waals surface area contributed by atoms with E-state index in [9.17, 15) is 14.7 Å². The van der Waals surface area contributed by atoms with Crippen LogP contribution in [0.4, 0.5) is 5.69 Å². The van der Waals surface area contributed by atoms with Gasteiger partial charge in [0.05, 0.1) is 28.8 Å². The lowest BCUT2D eigenvalue weighted by atomic mass is 9.34. The zero-order chi connectivity index (χ0) is 26.3. The first-order chi connectivity index (χ1) is 17.5. The summed E-state index contributed by atoms with van der Waals surface area (Å²) in [6.07, 6.45) is 4.29. The zero-order valence-corrected chi connectivity index (χ0v) is 21.7. The monoisotopic (exact) mass is 519 g/mol. The molecule has 7 rings (SSSR count). The normalized spacial score (nSPS) is 22.8. The Morgan fingerprint density at radius 2 is 1.92 bits per heavy atom. The molecule has 3 aromatic heterocycles. The first kappa shape index (κ1) is 23.7. The van der Waals surface area contributed by atoms with Crippen LogP contribution in [0.1, 0.15) is 71.3 Å². The third-order valence-corrected chi connectivity index (χ3v) is 8.05. The van der Waals surface area contributed by atoms with Crippen molar-refractivity contribution in [1.29, 1.82) is 0 Å². The summed E-state index contributed by atoms with van der Waals surface area (Å²) in [5, 5.41) is 13.5. The van der Waals surface area contributed by atoms with Crippen LogP contribution in [-0.4, -0.2) is 30.6 Å². The molecule has 0 saturated heterocycles. The number of pyridine rings is 1. The lowest BCUT2D eigenvalue weighted by molar-refractivity contribution is -0.0945. The number of hydrogen-bond acceptors (Lipinski definition) is 7. The number of nitrogens with one attached hydrogen (secondary N) is 1. The molecule has 37 heavy (non-hydrogen) atoms. The Morgan fingerprint density at radius 3 is 2.57 bits per heavy atom. The highest BCUT2D eigenvalue weighted by Crippen LogP contribution is 2.73. The number of rotatable bonds is 6. The van der Waals surface area contributed by atoms with Crippen LogP contribution in [0.15, 0.2) is 39.7 Å². The average Bonchev–Trinajstić information content (AvgIpc) is 3.22. The molecule has 0 amide bonds. The van der Waals surface area contributed by atoms with Crippen molar-refractivity contribution in [2.24, 2.45) is 7.05 Å². The molecule has 3 aliphatic carbocycles. The molecule has 1 atom stereocenters. The number of fused-ring (bicyclic) bond motifs is 1. The molecule has 1 aromatic carbocycles. The van der Waals surface area contributed by atoms with Crippen molar-refractivity contribution in [3.05, 3.63) is 80.3 Å². The maximum absolute atomic E-state index is 13.5. The summed E-state index contributed by atoms with van der Waals surface area (Å²) in [4.78, 5) is 38.8. The fraction of sp³-hybridized carbons (Fsp3) is 0.370. The van der Waals surface area contributed by atoms with Gasteiger partial charge in [0, 0.05) is 23.4 Å². The molecule has 3 aliphatic rings. The molecule has 0 spiro atoms. The van der Waals surface area contributed by atoms with Crippen LogP contribution in [0.5, 0.6) is 0 Å². The first-order valence-corrected chi connectivity index (χ1v) is 12.5. The molecule has 4 aromatic rings.